The summed E-state index contributed by atoms with van der Waals surface area (Å²) >= 11 is 0. The summed E-state index contributed by atoms with van der Waals surface area (Å²) in [6.07, 6.45) is 2.21. The highest BCUT2D eigenvalue weighted by Crippen LogP contribution is 2.57. The molecule has 1 N–H and O–H groups in total. The minimum Gasteiger partial charge on any atom is -0.215 e. The van der Waals surface area contributed by atoms with Crippen molar-refractivity contribution in [1.29, 1.82) is 0 Å². The second kappa shape index (κ2) is 2.73. The number of hydrogen-bond acceptors (Lipinski definition) is 2. The summed E-state index contributed by atoms with van der Waals surface area (Å²) in [6.45, 7) is 7.18. The first-order chi connectivity index (χ1) is 6.27. The van der Waals surface area contributed by atoms with E-state index in [1.165, 1.54) is 0 Å². The van der Waals surface area contributed by atoms with Crippen LogP contribution in [0.3, 0.4) is 0 Å². The molecule has 0 aromatic heterocycles. The van der Waals surface area contributed by atoms with Crippen molar-refractivity contribution >= 4 is 10.0 Å². The van der Waals surface area contributed by atoms with Gasteiger partial charge in [-0.05, 0) is 29.6 Å². The van der Waals surface area contributed by atoms with Gasteiger partial charge in [0, 0.05) is 6.54 Å². The molecule has 4 heteroatoms. The fourth-order valence-corrected chi connectivity index (χ4v) is 4.89. The molecule has 2 aliphatic rings. The van der Waals surface area contributed by atoms with E-state index in [9.17, 15) is 8.42 Å². The fourth-order valence-electron chi connectivity index (χ4n) is 2.98. The Morgan fingerprint density at radius 1 is 1.29 bits per heavy atom. The van der Waals surface area contributed by atoms with Crippen LogP contribution in [0.25, 0.3) is 0 Å². The highest BCUT2D eigenvalue weighted by atomic mass is 32.2. The van der Waals surface area contributed by atoms with Crippen molar-refractivity contribution in [2.75, 3.05) is 12.3 Å². The number of nitrogens with one attached hydrogen (secondary N) is 1. The standard InChI is InChI=1S/C10H19NO2S/c1-9(2)8-4-5-10(9,3)7-14(12,13)11-6-8/h8,11H,4-7H2,1-3H3/t8?,10-/m0/s1. The van der Waals surface area contributed by atoms with Crippen molar-refractivity contribution < 1.29 is 8.42 Å². The van der Waals surface area contributed by atoms with Crippen molar-refractivity contribution in [3.63, 3.8) is 0 Å². The van der Waals surface area contributed by atoms with E-state index in [1.807, 2.05) is 0 Å². The van der Waals surface area contributed by atoms with Gasteiger partial charge >= 0.3 is 0 Å². The molecule has 1 saturated carbocycles. The highest BCUT2D eigenvalue weighted by Gasteiger charge is 2.54. The summed E-state index contributed by atoms with van der Waals surface area (Å²) in [5, 5.41) is 0. The maximum absolute atomic E-state index is 11.6. The van der Waals surface area contributed by atoms with Crippen LogP contribution in [0.1, 0.15) is 33.6 Å². The fraction of sp³-hybridized carbons (Fsp3) is 1.00. The molecule has 2 fully saturated rings. The monoisotopic (exact) mass is 217 g/mol. The summed E-state index contributed by atoms with van der Waals surface area (Å²) in [5.74, 6) is 0.800. The molecule has 2 bridgehead atoms. The first kappa shape index (κ1) is 10.4. The van der Waals surface area contributed by atoms with Gasteiger partial charge in [-0.2, -0.15) is 0 Å². The summed E-state index contributed by atoms with van der Waals surface area (Å²) in [6, 6.07) is 0. The van der Waals surface area contributed by atoms with Crippen molar-refractivity contribution in [3.05, 3.63) is 0 Å². The molecule has 0 aromatic rings. The molecule has 1 aliphatic carbocycles. The number of sulfonamides is 1. The Balaban J connectivity index is 2.44. The molecule has 1 unspecified atom stereocenters. The lowest BCUT2D eigenvalue weighted by Gasteiger charge is -2.39. The van der Waals surface area contributed by atoms with Gasteiger partial charge in [-0.1, -0.05) is 20.8 Å². The van der Waals surface area contributed by atoms with Gasteiger partial charge in [0.15, 0.2) is 0 Å². The zero-order chi connectivity index (χ0) is 10.6. The Labute approximate surface area is 86.3 Å². The van der Waals surface area contributed by atoms with Gasteiger partial charge in [-0.15, -0.1) is 0 Å². The molecule has 0 spiro atoms. The largest absolute Gasteiger partial charge is 0.215 e. The zero-order valence-electron chi connectivity index (χ0n) is 9.13. The van der Waals surface area contributed by atoms with Crippen LogP contribution < -0.4 is 4.72 Å². The van der Waals surface area contributed by atoms with Crippen LogP contribution >= 0.6 is 0 Å². The topological polar surface area (TPSA) is 46.2 Å². The minimum absolute atomic E-state index is 0.0417. The summed E-state index contributed by atoms with van der Waals surface area (Å²) in [5.41, 5.74) is 0.101. The lowest BCUT2D eigenvalue weighted by atomic mass is 9.67. The highest BCUT2D eigenvalue weighted by molar-refractivity contribution is 7.89. The van der Waals surface area contributed by atoms with Crippen LogP contribution in [0.15, 0.2) is 0 Å². The second-order valence-electron chi connectivity index (χ2n) is 5.63. The molecule has 2 rings (SSSR count). The predicted molar refractivity (Wildman–Crippen MR) is 56.4 cm³/mol. The Bertz CT molecular complexity index is 347. The van der Waals surface area contributed by atoms with Crippen molar-refractivity contribution in [1.82, 2.24) is 4.72 Å². The quantitative estimate of drug-likeness (QED) is 0.666. The molecular weight excluding hydrogens is 198 g/mol. The first-order valence-electron chi connectivity index (χ1n) is 5.24. The molecule has 1 aliphatic heterocycles. The van der Waals surface area contributed by atoms with E-state index >= 15 is 0 Å². The molecule has 0 aromatic carbocycles. The molecule has 82 valence electrons. The Kier molecular flexibility index (Phi) is 2.03. The minimum atomic E-state index is -3.03. The summed E-state index contributed by atoms with van der Waals surface area (Å²) in [7, 11) is -3.03. The Morgan fingerprint density at radius 3 is 2.57 bits per heavy atom. The Hall–Kier alpha value is -0.0900. The maximum Gasteiger partial charge on any atom is 0.212 e. The average molecular weight is 217 g/mol. The molecule has 2 atom stereocenters. The van der Waals surface area contributed by atoms with Crippen LogP contribution in [0.5, 0.6) is 0 Å². The summed E-state index contributed by atoms with van der Waals surface area (Å²) < 4.78 is 26.0. The van der Waals surface area contributed by atoms with Gasteiger partial charge in [0.05, 0.1) is 5.75 Å². The number of rotatable bonds is 0. The van der Waals surface area contributed by atoms with E-state index in [1.54, 1.807) is 0 Å². The van der Waals surface area contributed by atoms with E-state index in [-0.39, 0.29) is 10.8 Å². The van der Waals surface area contributed by atoms with Crippen LogP contribution in [0.4, 0.5) is 0 Å². The third-order valence-electron chi connectivity index (χ3n) is 4.68. The first-order valence-corrected chi connectivity index (χ1v) is 6.89. The van der Waals surface area contributed by atoms with Crippen molar-refractivity contribution in [2.45, 2.75) is 33.6 Å². The van der Waals surface area contributed by atoms with Crippen LogP contribution in [0.2, 0.25) is 0 Å². The summed E-state index contributed by atoms with van der Waals surface area (Å²) in [4.78, 5) is 0. The maximum atomic E-state index is 11.6. The predicted octanol–water partition coefficient (Wildman–Crippen LogP) is 1.36. The SMILES string of the molecule is CC1(C)C2CC[C@@]1(C)CS(=O)(=O)NC2. The van der Waals surface area contributed by atoms with Gasteiger partial charge in [0.2, 0.25) is 10.0 Å². The zero-order valence-corrected chi connectivity index (χ0v) is 9.95. The van der Waals surface area contributed by atoms with E-state index in [2.05, 4.69) is 25.5 Å². The van der Waals surface area contributed by atoms with Crippen LogP contribution in [0, 0.1) is 16.7 Å². The van der Waals surface area contributed by atoms with Gasteiger partial charge in [0.25, 0.3) is 0 Å². The second-order valence-corrected chi connectivity index (χ2v) is 7.43. The van der Waals surface area contributed by atoms with Crippen molar-refractivity contribution in [2.24, 2.45) is 16.7 Å². The molecule has 0 radical (unpaired) electrons. The van der Waals surface area contributed by atoms with E-state index in [0.29, 0.717) is 18.2 Å². The average Bonchev–Trinajstić information content (AvgIpc) is 2.15. The van der Waals surface area contributed by atoms with Crippen LogP contribution in [-0.4, -0.2) is 20.7 Å². The lowest BCUT2D eigenvalue weighted by Crippen LogP contribution is -2.37. The molecule has 14 heavy (non-hydrogen) atoms. The smallest absolute Gasteiger partial charge is 0.212 e. The van der Waals surface area contributed by atoms with Gasteiger partial charge < -0.3 is 0 Å². The van der Waals surface area contributed by atoms with Crippen LogP contribution in [-0.2, 0) is 10.0 Å². The normalized spacial score (nSPS) is 44.6. The lowest BCUT2D eigenvalue weighted by molar-refractivity contribution is 0.118. The van der Waals surface area contributed by atoms with Crippen molar-refractivity contribution in [3.8, 4) is 0 Å². The van der Waals surface area contributed by atoms with E-state index in [4.69, 9.17) is 0 Å². The third kappa shape index (κ3) is 1.31. The Morgan fingerprint density at radius 2 is 1.93 bits per heavy atom. The molecule has 3 nitrogen and oxygen atoms in total. The third-order valence-corrected chi connectivity index (χ3v) is 6.30. The molecule has 1 heterocycles. The number of fused-ring (bicyclic) bond motifs is 2. The van der Waals surface area contributed by atoms with Gasteiger partial charge in [-0.3, -0.25) is 0 Å². The number of hydrogen-bond donors (Lipinski definition) is 1. The van der Waals surface area contributed by atoms with E-state index in [0.717, 1.165) is 12.8 Å². The van der Waals surface area contributed by atoms with E-state index < -0.39 is 10.0 Å². The molecule has 0 amide bonds. The van der Waals surface area contributed by atoms with Gasteiger partial charge in [-0.25, -0.2) is 13.1 Å². The molecular formula is C10H19NO2S. The molecule has 1 saturated heterocycles. The van der Waals surface area contributed by atoms with Gasteiger partial charge in [0.1, 0.15) is 0 Å².